The molecule has 6 nitrogen and oxygen atoms in total. The molecule has 1 aliphatic heterocycles. The quantitative estimate of drug-likeness (QED) is 0.123. The van der Waals surface area contributed by atoms with E-state index in [4.69, 9.17) is 19.3 Å². The molecule has 338 valence electrons. The van der Waals surface area contributed by atoms with Crippen LogP contribution in [-0.4, -0.2) is 20.1 Å². The fourth-order valence-corrected chi connectivity index (χ4v) is 8.98. The van der Waals surface area contributed by atoms with Crippen LogP contribution in [0.25, 0.3) is 55.1 Å². The Morgan fingerprint density at radius 1 is 0.618 bits per heavy atom. The number of para-hydroxylation sites is 4. The van der Waals surface area contributed by atoms with Crippen LogP contribution in [0.2, 0.25) is 0 Å². The maximum atomic E-state index is 9.44. The molecule has 0 N–H and O–H groups in total. The number of fused-ring (bicyclic) bond motifs is 7. The van der Waals surface area contributed by atoms with Gasteiger partial charge in [-0.15, -0.1) is 18.2 Å². The van der Waals surface area contributed by atoms with Crippen molar-refractivity contribution in [2.24, 2.45) is 0 Å². The van der Waals surface area contributed by atoms with Crippen molar-refractivity contribution in [3.63, 3.8) is 0 Å². The standard InChI is InChI=1S/C61H55N5O.Pt/c1-39-19-17-28-53-58(39)64(44-32-41(60(5,6)7)31-42(33-44)61(8,9)10)38-63(53)43-20-18-21-45(35-43)67-46-36-54(65-50-25-14-11-22-47(50)48-23-12-15-26-51(48)65)57-49-24-13-16-27-52(49)66(55(57)37-46)56-34-40(29-30-62-56)59(2,3)4;/h11-34,36H,1-10H3;/q;+2/i1D3,11D,12D,14D,15D,22D,23D,25D,26D;. The van der Waals surface area contributed by atoms with Gasteiger partial charge in [-0.2, -0.15) is 6.07 Å². The van der Waals surface area contributed by atoms with E-state index in [2.05, 4.69) is 98.7 Å². The van der Waals surface area contributed by atoms with Crippen LogP contribution < -0.4 is 13.9 Å². The fraction of sp³-hybridized carbons (Fsp3) is 0.213. The third-order valence-electron chi connectivity index (χ3n) is 12.6. The molecule has 0 aliphatic carbocycles. The maximum absolute atomic E-state index is 9.44. The Morgan fingerprint density at radius 2 is 1.28 bits per heavy atom. The van der Waals surface area contributed by atoms with Crippen LogP contribution in [-0.2, 0) is 37.3 Å². The maximum Gasteiger partial charge on any atom is 2.00 e. The van der Waals surface area contributed by atoms with Gasteiger partial charge in [0, 0.05) is 61.9 Å². The number of aromatic nitrogens is 3. The second-order valence-corrected chi connectivity index (χ2v) is 20.2. The zero-order chi connectivity index (χ0) is 56.0. The first kappa shape index (κ1) is 33.6. The second-order valence-electron chi connectivity index (χ2n) is 20.2. The largest absolute Gasteiger partial charge is 2.00 e. The van der Waals surface area contributed by atoms with Gasteiger partial charge in [0.25, 0.3) is 5.69 Å². The monoisotopic (exact) mass is 1080 g/mol. The summed E-state index contributed by atoms with van der Waals surface area (Å²) in [5.41, 5.74) is 6.11. The minimum atomic E-state index is -2.48. The number of ether oxygens (including phenoxy) is 1. The number of rotatable bonds is 6. The van der Waals surface area contributed by atoms with Gasteiger partial charge in [-0.25, -0.2) is 4.98 Å². The summed E-state index contributed by atoms with van der Waals surface area (Å²) in [5.74, 6) is 0.887. The molecule has 0 unspecified atom stereocenters. The topological polar surface area (TPSA) is 38.0 Å². The molecule has 0 saturated carbocycles. The molecule has 68 heavy (non-hydrogen) atoms. The van der Waals surface area contributed by atoms with Crippen molar-refractivity contribution in [1.29, 1.82) is 0 Å². The van der Waals surface area contributed by atoms with Crippen molar-refractivity contribution in [1.82, 2.24) is 23.3 Å². The summed E-state index contributed by atoms with van der Waals surface area (Å²) in [6, 6.07) is 36.6. The molecule has 0 amide bonds. The molecule has 0 radical (unpaired) electrons. The van der Waals surface area contributed by atoms with Crippen molar-refractivity contribution in [3.05, 3.63) is 186 Å². The predicted molar refractivity (Wildman–Crippen MR) is 279 cm³/mol. The SMILES string of the molecule is [2H]c1c([2H])c([2H])c2c(c1[2H])c1c([2H])c([2H])c([2H])c([2H])c1n2-c1cc(Oc2[c-]c([N+]3=C=[N+](c4cc(C(C)(C)C)cc(C(C)(C)C)c4)c4c3cccc4C([2H])([2H])[2H])ccc2)[c-]c2c1c1ccccc1n2-c1cc(C(C)(C)C)ccn1.[Pt+2]. The summed E-state index contributed by atoms with van der Waals surface area (Å²) in [7, 11) is 0. The zero-order valence-electron chi connectivity index (χ0n) is 50.3. The van der Waals surface area contributed by atoms with Crippen LogP contribution in [0.1, 0.15) is 99.6 Å². The van der Waals surface area contributed by atoms with Gasteiger partial charge in [0.1, 0.15) is 11.5 Å². The van der Waals surface area contributed by atoms with Crippen LogP contribution in [0.15, 0.2) is 152 Å². The summed E-state index contributed by atoms with van der Waals surface area (Å²) in [4.78, 5) is 4.89. The molecule has 11 rings (SSSR count). The van der Waals surface area contributed by atoms with Crippen LogP contribution in [0.4, 0.5) is 22.7 Å². The van der Waals surface area contributed by atoms with Gasteiger partial charge < -0.3 is 13.9 Å². The summed E-state index contributed by atoms with van der Waals surface area (Å²) in [6.45, 7) is 16.7. The Morgan fingerprint density at radius 3 is 1.96 bits per heavy atom. The Labute approximate surface area is 429 Å². The Balaban J connectivity index is 0.00000704. The van der Waals surface area contributed by atoms with Gasteiger partial charge >= 0.3 is 32.8 Å². The predicted octanol–water partition coefficient (Wildman–Crippen LogP) is 15.7. The van der Waals surface area contributed by atoms with Crippen molar-refractivity contribution >= 4 is 72.4 Å². The molecule has 0 bridgehead atoms. The molecule has 4 heterocycles. The molecule has 0 fully saturated rings. The number of aryl methyl sites for hydroxylation is 1. The van der Waals surface area contributed by atoms with E-state index in [-0.39, 0.29) is 81.9 Å². The minimum absolute atomic E-state index is 0. The average Bonchev–Trinajstić information content (AvgIpc) is 4.21. The van der Waals surface area contributed by atoms with E-state index in [1.165, 1.54) is 4.57 Å². The van der Waals surface area contributed by atoms with Gasteiger partial charge in [-0.3, -0.25) is 0 Å². The van der Waals surface area contributed by atoms with E-state index in [1.807, 2.05) is 57.7 Å². The van der Waals surface area contributed by atoms with E-state index in [0.717, 1.165) is 22.4 Å². The van der Waals surface area contributed by atoms with E-state index in [0.29, 0.717) is 44.7 Å². The summed E-state index contributed by atoms with van der Waals surface area (Å²) in [6.07, 6.45) is 1.75. The van der Waals surface area contributed by atoms with E-state index >= 15 is 0 Å². The molecule has 7 heteroatoms. The number of hydrogen-bond donors (Lipinski definition) is 0. The van der Waals surface area contributed by atoms with Crippen molar-refractivity contribution < 1.29 is 40.9 Å². The van der Waals surface area contributed by atoms with Crippen LogP contribution in [0, 0.1) is 19.0 Å². The second kappa shape index (κ2) is 16.4. The van der Waals surface area contributed by atoms with Gasteiger partial charge in [-0.1, -0.05) is 163 Å². The molecule has 10 aromatic rings. The van der Waals surface area contributed by atoms with Gasteiger partial charge in [0.15, 0.2) is 0 Å². The minimum Gasteiger partial charge on any atom is -0.509 e. The molecule has 1 aliphatic rings. The third-order valence-corrected chi connectivity index (χ3v) is 12.6. The molecule has 3 aromatic heterocycles. The molecule has 0 spiro atoms. The Kier molecular flexibility index (Phi) is 8.13. The normalized spacial score (nSPS) is 15.5. The molecule has 7 aromatic carbocycles. The number of nitrogens with zero attached hydrogens (tertiary/aromatic N) is 5. The first-order chi connectivity index (χ1) is 36.6. The number of hydrogen-bond acceptors (Lipinski definition) is 2. The first-order valence-electron chi connectivity index (χ1n) is 27.9. The number of pyridine rings is 1. The molecular weight excluding hydrogens is 1010 g/mol. The van der Waals surface area contributed by atoms with Crippen molar-refractivity contribution in [2.75, 3.05) is 0 Å². The van der Waals surface area contributed by atoms with E-state index in [1.54, 1.807) is 41.1 Å². The van der Waals surface area contributed by atoms with Crippen LogP contribution >= 0.6 is 0 Å². The van der Waals surface area contributed by atoms with E-state index in [9.17, 15) is 5.48 Å². The van der Waals surface area contributed by atoms with Gasteiger partial charge in [0.05, 0.1) is 22.0 Å². The molecular formula is C61H55N5OPt+2. The first-order valence-corrected chi connectivity index (χ1v) is 22.4. The third kappa shape index (κ3) is 7.61. The average molecular weight is 1080 g/mol. The van der Waals surface area contributed by atoms with Crippen molar-refractivity contribution in [2.45, 2.75) is 85.4 Å². The van der Waals surface area contributed by atoms with Crippen LogP contribution in [0.3, 0.4) is 0 Å². The van der Waals surface area contributed by atoms with Crippen LogP contribution in [0.5, 0.6) is 11.5 Å². The molecule has 0 saturated heterocycles. The van der Waals surface area contributed by atoms with Crippen molar-refractivity contribution in [3.8, 4) is 23.0 Å². The summed E-state index contributed by atoms with van der Waals surface area (Å²) < 4.78 is 113. The summed E-state index contributed by atoms with van der Waals surface area (Å²) >= 11 is 0. The number of benzene rings is 7. The van der Waals surface area contributed by atoms with Gasteiger partial charge in [0.2, 0.25) is 5.69 Å². The fourth-order valence-electron chi connectivity index (χ4n) is 8.98. The Bertz CT molecular complexity index is 4210. The Hall–Kier alpha value is -6.84. The smallest absolute Gasteiger partial charge is 0.509 e. The zero-order valence-corrected chi connectivity index (χ0v) is 41.5. The van der Waals surface area contributed by atoms with Gasteiger partial charge in [-0.05, 0) is 85.7 Å². The molecule has 0 atom stereocenters. The van der Waals surface area contributed by atoms with E-state index < -0.39 is 55.2 Å². The summed E-state index contributed by atoms with van der Waals surface area (Å²) in [5, 5.41) is 1.10.